The molecule has 3 aliphatic carbocycles. The van der Waals surface area contributed by atoms with E-state index < -0.39 is 58.0 Å². The highest BCUT2D eigenvalue weighted by Gasteiger charge is 2.64. The first-order valence-electron chi connectivity index (χ1n) is 14.3. The number of nitrogens with two attached hydrogens (primary N) is 1. The number of phenols is 1. The van der Waals surface area contributed by atoms with E-state index in [1.807, 2.05) is 24.3 Å². The number of primary amides is 1. The molecule has 6 N–H and O–H groups in total. The molecule has 1 saturated heterocycles. The van der Waals surface area contributed by atoms with Crippen LogP contribution in [0.5, 0.6) is 5.75 Å². The quantitative estimate of drug-likeness (QED) is 0.321. The van der Waals surface area contributed by atoms with Crippen molar-refractivity contribution in [1.29, 1.82) is 0 Å². The molecule has 2 aromatic carbocycles. The number of aliphatic hydroxyl groups is 3. The number of aliphatic hydroxyl groups excluding tert-OH is 2. The summed E-state index contributed by atoms with van der Waals surface area (Å²) in [6.45, 7) is 3.96. The number of carbonyl (C=O) groups excluding carboxylic acids is 3. The Morgan fingerprint density at radius 1 is 1.07 bits per heavy atom. The van der Waals surface area contributed by atoms with Crippen LogP contribution in [0.4, 0.5) is 0 Å². The van der Waals surface area contributed by atoms with Gasteiger partial charge in [0.05, 0.1) is 24.8 Å². The second kappa shape index (κ2) is 10.6. The van der Waals surface area contributed by atoms with Gasteiger partial charge >= 0.3 is 0 Å². The van der Waals surface area contributed by atoms with Crippen molar-refractivity contribution in [1.82, 2.24) is 9.80 Å². The van der Waals surface area contributed by atoms with E-state index in [1.54, 1.807) is 20.2 Å². The van der Waals surface area contributed by atoms with E-state index in [4.69, 9.17) is 10.5 Å². The molecular weight excluding hydrogens is 554 g/mol. The number of ether oxygens (including phenoxy) is 1. The third-order valence-electron chi connectivity index (χ3n) is 9.38. The Kier molecular flexibility index (Phi) is 7.16. The first kappa shape index (κ1) is 29.1. The molecule has 0 bridgehead atoms. The van der Waals surface area contributed by atoms with E-state index in [1.165, 1.54) is 11.0 Å². The van der Waals surface area contributed by atoms with Crippen molar-refractivity contribution >= 4 is 23.2 Å². The lowest BCUT2D eigenvalue weighted by Crippen LogP contribution is -2.65. The summed E-state index contributed by atoms with van der Waals surface area (Å²) in [6.07, 6.45) is 0.271. The summed E-state index contributed by atoms with van der Waals surface area (Å²) in [5, 5.41) is 45.1. The SMILES string of the molecule is CN(C)[C@H]1C(=O)C(C(N)=O)=C(O)[C@]2(O)C(=O)C3=C(O)c4c(O)ccc(-c5ccc(CN6CCOCC6)cc5)c4C[C@@H]3C[C@H]12. The Morgan fingerprint density at radius 2 is 1.74 bits per heavy atom. The second-order valence-corrected chi connectivity index (χ2v) is 12.0. The molecule has 0 aromatic heterocycles. The van der Waals surface area contributed by atoms with Crippen LogP contribution in [0.15, 0.2) is 53.3 Å². The summed E-state index contributed by atoms with van der Waals surface area (Å²) < 4.78 is 5.43. The number of hydrogen-bond acceptors (Lipinski definition) is 10. The Hall–Kier alpha value is -4.03. The molecule has 0 radical (unpaired) electrons. The molecule has 2 aromatic rings. The van der Waals surface area contributed by atoms with E-state index in [-0.39, 0.29) is 29.7 Å². The van der Waals surface area contributed by atoms with Gasteiger partial charge in [-0.2, -0.15) is 0 Å². The first-order valence-corrected chi connectivity index (χ1v) is 14.3. The van der Waals surface area contributed by atoms with Crippen LogP contribution in [0, 0.1) is 11.8 Å². The van der Waals surface area contributed by atoms with Gasteiger partial charge in [-0.1, -0.05) is 30.3 Å². The van der Waals surface area contributed by atoms with Gasteiger partial charge in [0.2, 0.25) is 5.78 Å². The summed E-state index contributed by atoms with van der Waals surface area (Å²) in [6, 6.07) is 10.1. The lowest BCUT2D eigenvalue weighted by atomic mass is 9.57. The van der Waals surface area contributed by atoms with Gasteiger partial charge in [0.1, 0.15) is 22.8 Å². The molecule has 226 valence electrons. The summed E-state index contributed by atoms with van der Waals surface area (Å²) in [5.74, 6) is -6.66. The standard InChI is InChI=1S/C32H35N3O8/c1-34(2)26-21-14-18-13-20-19(17-5-3-16(4-6-17)15-35-9-11-43-12-10-35)7-8-22(36)24(20)27(37)23(18)29(39)32(21,42)30(40)25(28(26)38)31(33)41/h3-8,18,21,26,36-37,40,42H,9-15H2,1-2H3,(H2,33,41)/t18-,21-,26-,32-/m1/s1. The summed E-state index contributed by atoms with van der Waals surface area (Å²) in [7, 11) is 3.15. The number of morpholine rings is 1. The van der Waals surface area contributed by atoms with Crippen LogP contribution >= 0.6 is 0 Å². The minimum absolute atomic E-state index is 0.0410. The average molecular weight is 590 g/mol. The van der Waals surface area contributed by atoms with Gasteiger partial charge in [-0.25, -0.2) is 0 Å². The average Bonchev–Trinajstić information content (AvgIpc) is 2.96. The van der Waals surface area contributed by atoms with E-state index in [0.717, 1.165) is 36.3 Å². The number of phenolic OH excluding ortho intramolecular Hbond substituents is 1. The van der Waals surface area contributed by atoms with Crippen LogP contribution in [0.3, 0.4) is 0 Å². The predicted octanol–water partition coefficient (Wildman–Crippen LogP) is 1.46. The molecule has 11 heteroatoms. The van der Waals surface area contributed by atoms with Gasteiger partial charge in [0, 0.05) is 31.1 Å². The van der Waals surface area contributed by atoms with Crippen molar-refractivity contribution in [3.63, 3.8) is 0 Å². The molecule has 1 heterocycles. The highest BCUT2D eigenvalue weighted by molar-refractivity contribution is 6.24. The molecular formula is C32H35N3O8. The molecule has 11 nitrogen and oxygen atoms in total. The highest BCUT2D eigenvalue weighted by atomic mass is 16.5. The Balaban J connectivity index is 1.42. The van der Waals surface area contributed by atoms with Gasteiger partial charge in [0.25, 0.3) is 5.91 Å². The molecule has 1 aliphatic heterocycles. The van der Waals surface area contributed by atoms with Crippen molar-refractivity contribution < 1.29 is 39.5 Å². The Labute approximate surface area is 248 Å². The normalized spacial score (nSPS) is 27.7. The third-order valence-corrected chi connectivity index (χ3v) is 9.38. The number of likely N-dealkylation sites (N-methyl/N-ethyl adjacent to an activating group) is 1. The van der Waals surface area contributed by atoms with Crippen LogP contribution in [0.1, 0.15) is 23.1 Å². The summed E-state index contributed by atoms with van der Waals surface area (Å²) in [5.41, 5.74) is 5.21. The summed E-state index contributed by atoms with van der Waals surface area (Å²) >= 11 is 0. The Morgan fingerprint density at radius 3 is 2.37 bits per heavy atom. The van der Waals surface area contributed by atoms with E-state index >= 15 is 0 Å². The number of Topliss-reactive ketones (excluding diaryl/α,β-unsaturated/α-hetero) is 2. The number of fused-ring (bicyclic) bond motifs is 3. The molecule has 1 amide bonds. The van der Waals surface area contributed by atoms with Gasteiger partial charge < -0.3 is 30.9 Å². The highest BCUT2D eigenvalue weighted by Crippen LogP contribution is 2.53. The van der Waals surface area contributed by atoms with Crippen molar-refractivity contribution in [3.8, 4) is 16.9 Å². The van der Waals surface area contributed by atoms with Crippen molar-refractivity contribution in [2.24, 2.45) is 17.6 Å². The van der Waals surface area contributed by atoms with Gasteiger partial charge in [-0.15, -0.1) is 0 Å². The molecule has 0 unspecified atom stereocenters. The van der Waals surface area contributed by atoms with Crippen LogP contribution < -0.4 is 5.73 Å². The molecule has 1 saturated carbocycles. The van der Waals surface area contributed by atoms with Gasteiger partial charge in [-0.05, 0) is 61.2 Å². The smallest absolute Gasteiger partial charge is 0.255 e. The zero-order chi connectivity index (χ0) is 30.8. The second-order valence-electron chi connectivity index (χ2n) is 12.0. The maximum Gasteiger partial charge on any atom is 0.255 e. The Bertz CT molecular complexity index is 1590. The van der Waals surface area contributed by atoms with E-state index in [2.05, 4.69) is 4.90 Å². The molecule has 43 heavy (non-hydrogen) atoms. The number of benzene rings is 2. The topological polar surface area (TPSA) is 174 Å². The van der Waals surface area contributed by atoms with Crippen LogP contribution in [-0.4, -0.2) is 99.7 Å². The predicted molar refractivity (Wildman–Crippen MR) is 156 cm³/mol. The zero-order valence-corrected chi connectivity index (χ0v) is 24.0. The first-order chi connectivity index (χ1) is 20.4. The molecule has 0 spiro atoms. The number of aromatic hydroxyl groups is 1. The summed E-state index contributed by atoms with van der Waals surface area (Å²) in [4.78, 5) is 43.3. The zero-order valence-electron chi connectivity index (χ0n) is 24.0. The number of ketones is 2. The van der Waals surface area contributed by atoms with Gasteiger partial charge in [0.15, 0.2) is 11.4 Å². The molecule has 4 atom stereocenters. The fourth-order valence-electron chi connectivity index (χ4n) is 7.32. The molecule has 2 fully saturated rings. The number of hydrogen-bond donors (Lipinski definition) is 5. The maximum absolute atomic E-state index is 14.0. The number of carbonyl (C=O) groups is 3. The minimum atomic E-state index is -2.66. The van der Waals surface area contributed by atoms with Gasteiger partial charge in [-0.3, -0.25) is 24.2 Å². The third kappa shape index (κ3) is 4.46. The van der Waals surface area contributed by atoms with Crippen LogP contribution in [0.25, 0.3) is 16.9 Å². The fraction of sp³-hybridized carbons (Fsp3) is 0.406. The monoisotopic (exact) mass is 589 g/mol. The number of amides is 1. The molecule has 4 aliphatic rings. The minimum Gasteiger partial charge on any atom is -0.508 e. The fourth-order valence-corrected chi connectivity index (χ4v) is 7.32. The van der Waals surface area contributed by atoms with Crippen molar-refractivity contribution in [2.45, 2.75) is 31.0 Å². The van der Waals surface area contributed by atoms with Crippen LogP contribution in [0.2, 0.25) is 0 Å². The lowest BCUT2D eigenvalue weighted by molar-refractivity contribution is -0.153. The van der Waals surface area contributed by atoms with E-state index in [9.17, 15) is 34.8 Å². The lowest BCUT2D eigenvalue weighted by Gasteiger charge is -2.50. The maximum atomic E-state index is 14.0. The van der Waals surface area contributed by atoms with Crippen LogP contribution in [-0.2, 0) is 32.1 Å². The van der Waals surface area contributed by atoms with Crippen molar-refractivity contribution in [3.05, 3.63) is 70.0 Å². The number of nitrogens with zero attached hydrogens (tertiary/aromatic N) is 2. The number of rotatable bonds is 5. The largest absolute Gasteiger partial charge is 0.508 e. The van der Waals surface area contributed by atoms with Crippen molar-refractivity contribution in [2.75, 3.05) is 40.4 Å². The molecule has 6 rings (SSSR count). The van der Waals surface area contributed by atoms with E-state index in [0.29, 0.717) is 18.8 Å².